The summed E-state index contributed by atoms with van der Waals surface area (Å²) < 4.78 is 14.5. The van der Waals surface area contributed by atoms with Gasteiger partial charge in [-0.3, -0.25) is 9.59 Å². The molecule has 0 bridgehead atoms. The molecule has 132 valence electrons. The van der Waals surface area contributed by atoms with Crippen molar-refractivity contribution in [1.82, 2.24) is 19.7 Å². The Morgan fingerprint density at radius 2 is 1.92 bits per heavy atom. The Balaban J connectivity index is 1.86. The van der Waals surface area contributed by atoms with Gasteiger partial charge in [0.25, 0.3) is 5.91 Å². The number of aryl methyl sites for hydroxylation is 1. The van der Waals surface area contributed by atoms with Crippen molar-refractivity contribution < 1.29 is 19.1 Å². The summed E-state index contributed by atoms with van der Waals surface area (Å²) in [6, 6.07) is 5.65. The molecule has 3 rings (SSSR count). The van der Waals surface area contributed by atoms with Crippen LogP contribution in [0.25, 0.3) is 5.69 Å². The maximum atomic E-state index is 13.1. The van der Waals surface area contributed by atoms with Gasteiger partial charge in [0.05, 0.1) is 11.6 Å². The summed E-state index contributed by atoms with van der Waals surface area (Å²) in [6.07, 6.45) is 1.18. The number of carboxylic acids is 1. The Morgan fingerprint density at radius 3 is 2.56 bits per heavy atom. The van der Waals surface area contributed by atoms with E-state index in [9.17, 15) is 19.1 Å². The second-order valence-electron chi connectivity index (χ2n) is 6.29. The van der Waals surface area contributed by atoms with Gasteiger partial charge in [-0.15, -0.1) is 5.10 Å². The first-order chi connectivity index (χ1) is 11.9. The number of halogens is 1. The van der Waals surface area contributed by atoms with Crippen LogP contribution in [0.4, 0.5) is 4.39 Å². The van der Waals surface area contributed by atoms with Crippen LogP contribution in [0.2, 0.25) is 0 Å². The molecule has 8 heteroatoms. The highest BCUT2D eigenvalue weighted by molar-refractivity contribution is 5.91. The van der Waals surface area contributed by atoms with Gasteiger partial charge in [-0.25, -0.2) is 14.1 Å². The largest absolute Gasteiger partial charge is 0.481 e. The molecule has 1 fully saturated rings. The predicted molar refractivity (Wildman–Crippen MR) is 86.9 cm³/mol. The number of piperidine rings is 1. The van der Waals surface area contributed by atoms with E-state index < -0.39 is 11.9 Å². The first kappa shape index (κ1) is 17.1. The number of hydrogen-bond donors (Lipinski definition) is 1. The van der Waals surface area contributed by atoms with E-state index in [1.165, 1.54) is 21.7 Å². The SMILES string of the molecule is Cc1nc(C(=O)N2CC(C(=O)O)CCC2C)nn1-c1ccc(F)cc1. The smallest absolute Gasteiger partial charge is 0.308 e. The van der Waals surface area contributed by atoms with Crippen molar-refractivity contribution in [3.8, 4) is 5.69 Å². The first-order valence-corrected chi connectivity index (χ1v) is 8.10. The fourth-order valence-corrected chi connectivity index (χ4v) is 3.03. The highest BCUT2D eigenvalue weighted by Crippen LogP contribution is 2.23. The van der Waals surface area contributed by atoms with E-state index in [1.807, 2.05) is 6.92 Å². The van der Waals surface area contributed by atoms with E-state index in [0.717, 1.165) is 0 Å². The van der Waals surface area contributed by atoms with Crippen LogP contribution in [-0.4, -0.2) is 49.2 Å². The van der Waals surface area contributed by atoms with E-state index >= 15 is 0 Å². The van der Waals surface area contributed by atoms with Gasteiger partial charge in [0.15, 0.2) is 0 Å². The number of amides is 1. The minimum atomic E-state index is -0.898. The average Bonchev–Trinajstić information content (AvgIpc) is 2.97. The molecule has 2 heterocycles. The number of nitrogens with zero attached hydrogens (tertiary/aromatic N) is 4. The number of carboxylic acid groups (broad SMARTS) is 1. The second kappa shape index (κ2) is 6.62. The molecule has 0 spiro atoms. The van der Waals surface area contributed by atoms with Gasteiger partial charge in [0.2, 0.25) is 5.82 Å². The van der Waals surface area contributed by atoms with Gasteiger partial charge in [-0.2, -0.15) is 0 Å². The third kappa shape index (κ3) is 3.38. The molecule has 1 aliphatic rings. The molecule has 0 radical (unpaired) electrons. The van der Waals surface area contributed by atoms with Gasteiger partial charge < -0.3 is 10.0 Å². The Hall–Kier alpha value is -2.77. The second-order valence-corrected chi connectivity index (χ2v) is 6.29. The molecule has 1 aromatic carbocycles. The topological polar surface area (TPSA) is 88.3 Å². The summed E-state index contributed by atoms with van der Waals surface area (Å²) in [5.74, 6) is -1.71. The third-order valence-electron chi connectivity index (χ3n) is 4.52. The zero-order valence-corrected chi connectivity index (χ0v) is 14.0. The Morgan fingerprint density at radius 1 is 1.24 bits per heavy atom. The molecule has 2 atom stereocenters. The lowest BCUT2D eigenvalue weighted by atomic mass is 9.93. The van der Waals surface area contributed by atoms with Crippen molar-refractivity contribution in [3.05, 3.63) is 41.7 Å². The van der Waals surface area contributed by atoms with Crippen molar-refractivity contribution in [3.63, 3.8) is 0 Å². The number of aliphatic carboxylic acids is 1. The summed E-state index contributed by atoms with van der Waals surface area (Å²) in [4.78, 5) is 29.7. The predicted octanol–water partition coefficient (Wildman–Crippen LogP) is 2.04. The Bertz CT molecular complexity index is 803. The number of likely N-dealkylation sites (tertiary alicyclic amines) is 1. The van der Waals surface area contributed by atoms with Crippen molar-refractivity contribution >= 4 is 11.9 Å². The number of aromatic nitrogens is 3. The fourth-order valence-electron chi connectivity index (χ4n) is 3.03. The summed E-state index contributed by atoms with van der Waals surface area (Å²) in [7, 11) is 0. The molecule has 1 aromatic heterocycles. The van der Waals surface area contributed by atoms with Crippen LogP contribution in [0.3, 0.4) is 0 Å². The Kier molecular flexibility index (Phi) is 4.52. The van der Waals surface area contributed by atoms with E-state index in [-0.39, 0.29) is 30.1 Å². The molecule has 2 aromatic rings. The van der Waals surface area contributed by atoms with Crippen molar-refractivity contribution in [2.45, 2.75) is 32.7 Å². The van der Waals surface area contributed by atoms with E-state index in [2.05, 4.69) is 10.1 Å². The van der Waals surface area contributed by atoms with Crippen LogP contribution >= 0.6 is 0 Å². The zero-order chi connectivity index (χ0) is 18.1. The van der Waals surface area contributed by atoms with Crippen molar-refractivity contribution in [2.24, 2.45) is 5.92 Å². The maximum Gasteiger partial charge on any atom is 0.308 e. The zero-order valence-electron chi connectivity index (χ0n) is 14.0. The standard InChI is InChI=1S/C17H19FN4O3/c1-10-3-4-12(17(24)25)9-21(10)16(23)15-19-11(2)22(20-15)14-7-5-13(18)6-8-14/h5-8,10,12H,3-4,9H2,1-2H3,(H,24,25). The van der Waals surface area contributed by atoms with E-state index in [1.54, 1.807) is 19.1 Å². The van der Waals surface area contributed by atoms with Crippen LogP contribution in [0.5, 0.6) is 0 Å². The lowest BCUT2D eigenvalue weighted by Crippen LogP contribution is -2.47. The lowest BCUT2D eigenvalue weighted by Gasteiger charge is -2.35. The molecule has 1 aliphatic heterocycles. The van der Waals surface area contributed by atoms with Crippen LogP contribution in [0, 0.1) is 18.7 Å². The third-order valence-corrected chi connectivity index (χ3v) is 4.52. The number of carbonyl (C=O) groups is 2. The van der Waals surface area contributed by atoms with Crippen molar-refractivity contribution in [1.29, 1.82) is 0 Å². The number of carbonyl (C=O) groups excluding carboxylic acids is 1. The molecule has 0 saturated carbocycles. The van der Waals surface area contributed by atoms with Crippen LogP contribution in [0.15, 0.2) is 24.3 Å². The Labute approximate surface area is 144 Å². The normalized spacial score (nSPS) is 20.5. The van der Waals surface area contributed by atoms with Gasteiger partial charge in [0.1, 0.15) is 11.6 Å². The molecule has 25 heavy (non-hydrogen) atoms. The molecule has 2 unspecified atom stereocenters. The monoisotopic (exact) mass is 346 g/mol. The van der Waals surface area contributed by atoms with Gasteiger partial charge in [-0.1, -0.05) is 0 Å². The number of rotatable bonds is 3. The average molecular weight is 346 g/mol. The van der Waals surface area contributed by atoms with Crippen LogP contribution in [0.1, 0.15) is 36.2 Å². The van der Waals surface area contributed by atoms with Crippen molar-refractivity contribution in [2.75, 3.05) is 6.54 Å². The minimum Gasteiger partial charge on any atom is -0.481 e. The molecule has 1 N–H and O–H groups in total. The molecule has 0 aliphatic carbocycles. The summed E-state index contributed by atoms with van der Waals surface area (Å²) in [5.41, 5.74) is 0.598. The molecule has 7 nitrogen and oxygen atoms in total. The van der Waals surface area contributed by atoms with Gasteiger partial charge in [0, 0.05) is 12.6 Å². The number of benzene rings is 1. The first-order valence-electron chi connectivity index (χ1n) is 8.10. The maximum absolute atomic E-state index is 13.1. The summed E-state index contributed by atoms with van der Waals surface area (Å²) in [6.45, 7) is 3.74. The molecule has 1 amide bonds. The van der Waals surface area contributed by atoms with Gasteiger partial charge >= 0.3 is 5.97 Å². The highest BCUT2D eigenvalue weighted by atomic mass is 19.1. The van der Waals surface area contributed by atoms with E-state index in [4.69, 9.17) is 0 Å². The molecular formula is C17H19FN4O3. The van der Waals surface area contributed by atoms with Crippen LogP contribution in [-0.2, 0) is 4.79 Å². The summed E-state index contributed by atoms with van der Waals surface area (Å²) in [5, 5.41) is 13.4. The summed E-state index contributed by atoms with van der Waals surface area (Å²) >= 11 is 0. The van der Waals surface area contributed by atoms with Gasteiger partial charge in [-0.05, 0) is 51.0 Å². The van der Waals surface area contributed by atoms with E-state index in [0.29, 0.717) is 24.4 Å². The fraction of sp³-hybridized carbons (Fsp3) is 0.412. The van der Waals surface area contributed by atoms with Crippen LogP contribution < -0.4 is 0 Å². The molecular weight excluding hydrogens is 327 g/mol. The lowest BCUT2D eigenvalue weighted by molar-refractivity contribution is -0.143. The quantitative estimate of drug-likeness (QED) is 0.919. The number of hydrogen-bond acceptors (Lipinski definition) is 4. The minimum absolute atomic E-state index is 0.0136. The molecule has 1 saturated heterocycles. The highest BCUT2D eigenvalue weighted by Gasteiger charge is 2.34.